The summed E-state index contributed by atoms with van der Waals surface area (Å²) in [5.41, 5.74) is 0.774. The number of benzene rings is 3. The van der Waals surface area contributed by atoms with E-state index in [0.717, 1.165) is 21.5 Å². The SMILES string of the molecule is Cn1nnnc1-c1ccccc1P(=O)(c1ccccc1)c1ccccc1. The van der Waals surface area contributed by atoms with E-state index in [1.807, 2.05) is 84.9 Å². The fourth-order valence-electron chi connectivity index (χ4n) is 3.10. The van der Waals surface area contributed by atoms with Gasteiger partial charge >= 0.3 is 0 Å². The smallest absolute Gasteiger partial charge is 0.182 e. The maximum Gasteiger partial charge on any atom is 0.182 e. The molecule has 0 N–H and O–H groups in total. The average molecular weight is 360 g/mol. The van der Waals surface area contributed by atoms with Gasteiger partial charge in [0.2, 0.25) is 0 Å². The van der Waals surface area contributed by atoms with Gasteiger partial charge in [-0.15, -0.1) is 5.10 Å². The maximum absolute atomic E-state index is 14.6. The van der Waals surface area contributed by atoms with Crippen molar-refractivity contribution >= 4 is 23.1 Å². The number of aryl methyl sites for hydroxylation is 1. The van der Waals surface area contributed by atoms with Gasteiger partial charge in [-0.1, -0.05) is 84.9 Å². The predicted octanol–water partition coefficient (Wildman–Crippen LogP) is 2.52. The van der Waals surface area contributed by atoms with Gasteiger partial charge < -0.3 is 4.57 Å². The molecule has 3 aromatic carbocycles. The van der Waals surface area contributed by atoms with Crippen molar-refractivity contribution in [2.75, 3.05) is 0 Å². The zero-order valence-corrected chi connectivity index (χ0v) is 15.1. The minimum atomic E-state index is -3.08. The van der Waals surface area contributed by atoms with Gasteiger partial charge in [-0.05, 0) is 10.4 Å². The van der Waals surface area contributed by atoms with Crippen LogP contribution in [0.3, 0.4) is 0 Å². The van der Waals surface area contributed by atoms with E-state index in [1.165, 1.54) is 0 Å². The van der Waals surface area contributed by atoms with Gasteiger partial charge in [0, 0.05) is 28.5 Å². The minimum absolute atomic E-state index is 0.590. The van der Waals surface area contributed by atoms with Gasteiger partial charge in [-0.25, -0.2) is 4.68 Å². The van der Waals surface area contributed by atoms with Crippen LogP contribution in [-0.2, 0) is 11.6 Å². The Balaban J connectivity index is 2.04. The third-order valence-corrected chi connectivity index (χ3v) is 7.46. The van der Waals surface area contributed by atoms with Crippen molar-refractivity contribution in [2.45, 2.75) is 0 Å². The third kappa shape index (κ3) is 2.67. The summed E-state index contributed by atoms with van der Waals surface area (Å²) in [5, 5.41) is 14.1. The molecule has 0 amide bonds. The summed E-state index contributed by atoms with van der Waals surface area (Å²) >= 11 is 0. The first kappa shape index (κ1) is 16.4. The van der Waals surface area contributed by atoms with Crippen LogP contribution >= 0.6 is 7.14 Å². The number of tetrazole rings is 1. The van der Waals surface area contributed by atoms with Crippen LogP contribution in [0.1, 0.15) is 0 Å². The second kappa shape index (κ2) is 6.70. The Hall–Kier alpha value is -3.04. The lowest BCUT2D eigenvalue weighted by molar-refractivity contribution is 0.592. The summed E-state index contributed by atoms with van der Waals surface area (Å²) < 4.78 is 16.2. The molecule has 0 radical (unpaired) electrons. The molecule has 1 heterocycles. The highest BCUT2D eigenvalue weighted by molar-refractivity contribution is 7.85. The molecule has 0 saturated carbocycles. The molecule has 6 heteroatoms. The second-order valence-corrected chi connectivity index (χ2v) is 8.66. The predicted molar refractivity (Wildman–Crippen MR) is 104 cm³/mol. The first-order chi connectivity index (χ1) is 12.7. The summed E-state index contributed by atoms with van der Waals surface area (Å²) in [7, 11) is -1.30. The molecule has 128 valence electrons. The molecular weight excluding hydrogens is 343 g/mol. The summed E-state index contributed by atoms with van der Waals surface area (Å²) in [6.07, 6.45) is 0. The van der Waals surface area contributed by atoms with Crippen LogP contribution in [0.5, 0.6) is 0 Å². The largest absolute Gasteiger partial charge is 0.309 e. The van der Waals surface area contributed by atoms with Crippen molar-refractivity contribution in [3.05, 3.63) is 84.9 Å². The van der Waals surface area contributed by atoms with Gasteiger partial charge in [0.1, 0.15) is 0 Å². The maximum atomic E-state index is 14.6. The van der Waals surface area contributed by atoms with Crippen LogP contribution in [-0.4, -0.2) is 20.2 Å². The fourth-order valence-corrected chi connectivity index (χ4v) is 5.95. The Morgan fingerprint density at radius 1 is 0.769 bits per heavy atom. The molecule has 0 spiro atoms. The highest BCUT2D eigenvalue weighted by Gasteiger charge is 2.32. The van der Waals surface area contributed by atoms with Crippen molar-refractivity contribution in [2.24, 2.45) is 7.05 Å². The molecule has 0 atom stereocenters. The standard InChI is InChI=1S/C20H17N4OP/c1-24-20(21-22-23-24)18-14-8-9-15-19(18)26(25,16-10-4-2-5-11-16)17-12-6-3-7-13-17/h2-15H,1H3. The molecule has 0 saturated heterocycles. The third-order valence-electron chi connectivity index (χ3n) is 4.34. The van der Waals surface area contributed by atoms with Crippen molar-refractivity contribution in [1.29, 1.82) is 0 Å². The first-order valence-corrected chi connectivity index (χ1v) is 9.95. The highest BCUT2D eigenvalue weighted by Crippen LogP contribution is 2.44. The van der Waals surface area contributed by atoms with Gasteiger partial charge in [0.25, 0.3) is 0 Å². The van der Waals surface area contributed by atoms with E-state index in [1.54, 1.807) is 11.7 Å². The molecule has 0 aliphatic carbocycles. The molecule has 4 rings (SSSR count). The van der Waals surface area contributed by atoms with Crippen molar-refractivity contribution in [1.82, 2.24) is 20.2 Å². The molecule has 5 nitrogen and oxygen atoms in total. The van der Waals surface area contributed by atoms with Crippen LogP contribution in [0.25, 0.3) is 11.4 Å². The van der Waals surface area contributed by atoms with E-state index in [2.05, 4.69) is 15.5 Å². The molecule has 4 aromatic rings. The Morgan fingerprint density at radius 3 is 1.85 bits per heavy atom. The lowest BCUT2D eigenvalue weighted by Gasteiger charge is -2.22. The topological polar surface area (TPSA) is 60.7 Å². The summed E-state index contributed by atoms with van der Waals surface area (Å²) in [5.74, 6) is 0.590. The van der Waals surface area contributed by atoms with Gasteiger partial charge in [0.05, 0.1) is 0 Å². The van der Waals surface area contributed by atoms with E-state index in [4.69, 9.17) is 0 Å². The molecule has 0 fully saturated rings. The zero-order valence-electron chi connectivity index (χ0n) is 14.2. The molecule has 0 aliphatic heterocycles. The molecule has 0 bridgehead atoms. The molecule has 0 aliphatic rings. The van der Waals surface area contributed by atoms with Crippen LogP contribution < -0.4 is 15.9 Å². The fraction of sp³-hybridized carbons (Fsp3) is 0.0500. The van der Waals surface area contributed by atoms with Crippen LogP contribution in [0.2, 0.25) is 0 Å². The van der Waals surface area contributed by atoms with Crippen molar-refractivity contribution in [3.63, 3.8) is 0 Å². The number of rotatable bonds is 4. The molecule has 26 heavy (non-hydrogen) atoms. The monoisotopic (exact) mass is 360 g/mol. The Bertz CT molecular complexity index is 1030. The highest BCUT2D eigenvalue weighted by atomic mass is 31.2. The Morgan fingerprint density at radius 2 is 1.31 bits per heavy atom. The van der Waals surface area contributed by atoms with E-state index in [0.29, 0.717) is 5.82 Å². The Labute approximate surface area is 151 Å². The normalized spacial score (nSPS) is 11.4. The van der Waals surface area contributed by atoms with Crippen LogP contribution in [0.15, 0.2) is 84.9 Å². The quantitative estimate of drug-likeness (QED) is 0.525. The first-order valence-electron chi connectivity index (χ1n) is 8.25. The van der Waals surface area contributed by atoms with Crippen LogP contribution in [0.4, 0.5) is 0 Å². The summed E-state index contributed by atoms with van der Waals surface area (Å²) in [4.78, 5) is 0. The van der Waals surface area contributed by atoms with E-state index in [9.17, 15) is 4.57 Å². The van der Waals surface area contributed by atoms with E-state index in [-0.39, 0.29) is 0 Å². The second-order valence-electron chi connectivity index (χ2n) is 5.92. The molecule has 1 aromatic heterocycles. The molecule has 0 unspecified atom stereocenters. The lowest BCUT2D eigenvalue weighted by atomic mass is 10.2. The summed E-state index contributed by atoms with van der Waals surface area (Å²) in [6, 6.07) is 26.8. The van der Waals surface area contributed by atoms with Gasteiger partial charge in [-0.2, -0.15) is 0 Å². The molecular formula is C20H17N4OP. The number of hydrogen-bond donors (Lipinski definition) is 0. The number of hydrogen-bond acceptors (Lipinski definition) is 4. The minimum Gasteiger partial charge on any atom is -0.309 e. The van der Waals surface area contributed by atoms with Crippen molar-refractivity contribution < 1.29 is 4.57 Å². The lowest BCUT2D eigenvalue weighted by Crippen LogP contribution is -2.26. The van der Waals surface area contributed by atoms with Crippen LogP contribution in [0, 0.1) is 0 Å². The summed E-state index contributed by atoms with van der Waals surface area (Å²) in [6.45, 7) is 0. The number of nitrogens with zero attached hydrogens (tertiary/aromatic N) is 4. The van der Waals surface area contributed by atoms with Gasteiger partial charge in [-0.3, -0.25) is 0 Å². The van der Waals surface area contributed by atoms with Gasteiger partial charge in [0.15, 0.2) is 13.0 Å². The van der Waals surface area contributed by atoms with E-state index >= 15 is 0 Å². The van der Waals surface area contributed by atoms with Crippen molar-refractivity contribution in [3.8, 4) is 11.4 Å². The van der Waals surface area contributed by atoms with E-state index < -0.39 is 7.14 Å². The average Bonchev–Trinajstić information content (AvgIpc) is 3.14. The Kier molecular flexibility index (Phi) is 4.23. The zero-order chi connectivity index (χ0) is 18.0. The number of aromatic nitrogens is 4.